The van der Waals surface area contributed by atoms with Gasteiger partial charge in [-0.1, -0.05) is 0 Å². The number of nitrogens with one attached hydrogen (secondary N) is 1. The van der Waals surface area contributed by atoms with Crippen LogP contribution in [-0.2, 0) is 21.2 Å². The molecule has 158 valence electrons. The molecule has 12 heteroatoms. The molecular weight excluding hydrogens is 415 g/mol. The molecule has 0 unspecified atom stereocenters. The Morgan fingerprint density at radius 1 is 1.17 bits per heavy atom. The van der Waals surface area contributed by atoms with E-state index in [0.717, 1.165) is 18.5 Å². The summed E-state index contributed by atoms with van der Waals surface area (Å²) in [6.45, 7) is -0.789. The summed E-state index contributed by atoms with van der Waals surface area (Å²) in [5.41, 5.74) is -4.15. The summed E-state index contributed by atoms with van der Waals surface area (Å²) >= 11 is 0. The van der Waals surface area contributed by atoms with Crippen LogP contribution in [-0.4, -0.2) is 39.1 Å². The third-order valence-corrected chi connectivity index (χ3v) is 4.98. The molecule has 1 aromatic heterocycles. The number of halogens is 5. The quantitative estimate of drug-likeness (QED) is 0.600. The van der Waals surface area contributed by atoms with Crippen molar-refractivity contribution >= 4 is 23.7 Å². The van der Waals surface area contributed by atoms with Gasteiger partial charge in [-0.2, -0.15) is 13.2 Å². The van der Waals surface area contributed by atoms with Gasteiger partial charge in [0.05, 0.1) is 23.4 Å². The Bertz CT molecular complexity index is 1090. The summed E-state index contributed by atoms with van der Waals surface area (Å²) in [7, 11) is 0. The van der Waals surface area contributed by atoms with Gasteiger partial charge in [-0.25, -0.2) is 18.7 Å². The van der Waals surface area contributed by atoms with E-state index in [1.165, 1.54) is 0 Å². The summed E-state index contributed by atoms with van der Waals surface area (Å²) in [6.07, 6.45) is -3.33. The van der Waals surface area contributed by atoms with E-state index in [9.17, 15) is 36.3 Å². The number of anilines is 1. The van der Waals surface area contributed by atoms with Gasteiger partial charge in [0, 0.05) is 12.6 Å². The topological polar surface area (TPSA) is 92.3 Å². The number of aromatic nitrogens is 2. The first kappa shape index (κ1) is 19.9. The molecule has 1 aromatic carbocycles. The van der Waals surface area contributed by atoms with Crippen molar-refractivity contribution < 1.29 is 37.8 Å². The van der Waals surface area contributed by atoms with Crippen LogP contribution in [0.15, 0.2) is 24.5 Å². The van der Waals surface area contributed by atoms with Crippen LogP contribution < -0.4 is 5.32 Å². The highest BCUT2D eigenvalue weighted by Gasteiger charge is 2.61. The number of hydrogen-bond donors (Lipinski definition) is 1. The summed E-state index contributed by atoms with van der Waals surface area (Å²) < 4.78 is 66.7. The summed E-state index contributed by atoms with van der Waals surface area (Å²) in [5.74, 6) is -5.61. The first-order chi connectivity index (χ1) is 14.0. The zero-order valence-corrected chi connectivity index (χ0v) is 14.9. The van der Waals surface area contributed by atoms with E-state index < -0.39 is 64.2 Å². The number of rotatable bonds is 3. The molecule has 3 amide bonds. The minimum Gasteiger partial charge on any atom is -0.293 e. The fraction of sp³-hybridized carbons (Fsp3) is 0.278. The average molecular weight is 428 g/mol. The lowest BCUT2D eigenvalue weighted by Crippen LogP contribution is -2.51. The van der Waals surface area contributed by atoms with Crippen LogP contribution in [0.4, 0.5) is 27.9 Å². The van der Waals surface area contributed by atoms with E-state index in [2.05, 4.69) is 15.3 Å². The van der Waals surface area contributed by atoms with Crippen LogP contribution in [0.2, 0.25) is 0 Å². The molecule has 1 fully saturated rings. The molecule has 2 aromatic rings. The summed E-state index contributed by atoms with van der Waals surface area (Å²) in [4.78, 5) is 45.3. The van der Waals surface area contributed by atoms with Gasteiger partial charge < -0.3 is 0 Å². The maximum Gasteiger partial charge on any atom is 0.419 e. The number of imide groups is 1. The van der Waals surface area contributed by atoms with E-state index in [1.807, 2.05) is 0 Å². The number of fused-ring (bicyclic) bond motifs is 2. The molecule has 0 radical (unpaired) electrons. The van der Waals surface area contributed by atoms with Crippen LogP contribution in [0.1, 0.15) is 35.8 Å². The van der Waals surface area contributed by atoms with E-state index >= 15 is 0 Å². The Hall–Kier alpha value is -3.44. The van der Waals surface area contributed by atoms with Crippen molar-refractivity contribution in [2.24, 2.45) is 0 Å². The van der Waals surface area contributed by atoms with Gasteiger partial charge in [0.1, 0.15) is 12.4 Å². The molecule has 1 N–H and O–H groups in total. The zero-order valence-electron chi connectivity index (χ0n) is 14.9. The predicted octanol–water partition coefficient (Wildman–Crippen LogP) is 2.67. The molecular formula is C18H13F5N4O3. The van der Waals surface area contributed by atoms with Gasteiger partial charge in [0.25, 0.3) is 5.91 Å². The van der Waals surface area contributed by atoms with Crippen molar-refractivity contribution in [1.82, 2.24) is 14.9 Å². The molecule has 7 nitrogen and oxygen atoms in total. The third-order valence-electron chi connectivity index (χ3n) is 4.98. The minimum absolute atomic E-state index is 0. The van der Waals surface area contributed by atoms with Gasteiger partial charge in [-0.15, -0.1) is 0 Å². The smallest absolute Gasteiger partial charge is 0.293 e. The second kappa shape index (κ2) is 6.54. The molecule has 1 aliphatic heterocycles. The molecule has 1 aliphatic carbocycles. The second-order valence-corrected chi connectivity index (χ2v) is 6.90. The minimum atomic E-state index is -4.99. The zero-order chi connectivity index (χ0) is 21.8. The van der Waals surface area contributed by atoms with Crippen LogP contribution in [0.5, 0.6) is 0 Å². The number of benzene rings is 1. The number of carbonyl (C=O) groups excluding carboxylic acids is 3. The normalized spacial score (nSPS) is 17.2. The number of carbonyl (C=O) groups is 3. The standard InChI is InChI=1S/C18H11F5N4O3.H2/c19-8-5-24-16(25-6-8)26-11(28)7-27-14(29)9-1-2-10(18(21,22)23)13(20)12(9)17(3-4-17)15(27)30;/h1-2,5-6H,3-4,7H2,(H,24,25,26,28);1H. The van der Waals surface area contributed by atoms with Gasteiger partial charge in [-0.05, 0) is 25.0 Å². The van der Waals surface area contributed by atoms with Gasteiger partial charge in [-0.3, -0.25) is 24.6 Å². The Morgan fingerprint density at radius 3 is 2.37 bits per heavy atom. The van der Waals surface area contributed by atoms with E-state index in [1.54, 1.807) is 0 Å². The van der Waals surface area contributed by atoms with Gasteiger partial charge in [0.2, 0.25) is 17.8 Å². The van der Waals surface area contributed by atoms with E-state index in [-0.39, 0.29) is 20.2 Å². The fourth-order valence-electron chi connectivity index (χ4n) is 3.46. The lowest BCUT2D eigenvalue weighted by Gasteiger charge is -2.33. The number of amides is 3. The Kier molecular flexibility index (Phi) is 4.33. The second-order valence-electron chi connectivity index (χ2n) is 6.90. The molecule has 0 atom stereocenters. The molecule has 0 bridgehead atoms. The molecule has 1 saturated carbocycles. The van der Waals surface area contributed by atoms with Gasteiger partial charge in [0.15, 0.2) is 5.82 Å². The predicted molar refractivity (Wildman–Crippen MR) is 91.1 cm³/mol. The van der Waals surface area contributed by atoms with E-state index in [4.69, 9.17) is 0 Å². The van der Waals surface area contributed by atoms with Crippen LogP contribution in [0.25, 0.3) is 0 Å². The first-order valence-corrected chi connectivity index (χ1v) is 8.58. The van der Waals surface area contributed by atoms with Gasteiger partial charge >= 0.3 is 6.18 Å². The van der Waals surface area contributed by atoms with Crippen molar-refractivity contribution in [3.8, 4) is 0 Å². The van der Waals surface area contributed by atoms with E-state index in [0.29, 0.717) is 11.0 Å². The summed E-state index contributed by atoms with van der Waals surface area (Å²) in [6, 6.07) is 1.24. The number of nitrogens with zero attached hydrogens (tertiary/aromatic N) is 3. The third kappa shape index (κ3) is 3.08. The van der Waals surface area contributed by atoms with Crippen molar-refractivity contribution in [1.29, 1.82) is 0 Å². The van der Waals surface area contributed by atoms with Crippen molar-refractivity contribution in [3.05, 3.63) is 52.9 Å². The highest BCUT2D eigenvalue weighted by atomic mass is 19.4. The fourth-order valence-corrected chi connectivity index (χ4v) is 3.46. The Labute approximate surface area is 166 Å². The summed E-state index contributed by atoms with van der Waals surface area (Å²) in [5, 5.41) is 2.17. The lowest BCUT2D eigenvalue weighted by molar-refractivity contribution is -0.140. The molecule has 4 rings (SSSR count). The van der Waals surface area contributed by atoms with Crippen molar-refractivity contribution in [2.45, 2.75) is 24.4 Å². The lowest BCUT2D eigenvalue weighted by atomic mass is 9.83. The number of alkyl halides is 3. The molecule has 2 aliphatic rings. The largest absolute Gasteiger partial charge is 0.419 e. The van der Waals surface area contributed by atoms with Crippen molar-refractivity contribution in [3.63, 3.8) is 0 Å². The molecule has 30 heavy (non-hydrogen) atoms. The van der Waals surface area contributed by atoms with Crippen LogP contribution in [0, 0.1) is 11.6 Å². The maximum absolute atomic E-state index is 14.7. The molecule has 2 heterocycles. The van der Waals surface area contributed by atoms with Crippen LogP contribution >= 0.6 is 0 Å². The number of hydrogen-bond acceptors (Lipinski definition) is 5. The Morgan fingerprint density at radius 2 is 1.80 bits per heavy atom. The first-order valence-electron chi connectivity index (χ1n) is 8.58. The highest BCUT2D eigenvalue weighted by Crippen LogP contribution is 2.55. The maximum atomic E-state index is 14.7. The van der Waals surface area contributed by atoms with Crippen LogP contribution in [0.3, 0.4) is 0 Å². The average Bonchev–Trinajstić information content (AvgIpc) is 3.46. The molecule has 0 saturated heterocycles. The highest BCUT2D eigenvalue weighted by molar-refractivity contribution is 6.16. The SMILES string of the molecule is O=C(CN1C(=O)c2ccc(C(F)(F)F)c(F)c2C2(CC2)C1=O)Nc1ncc(F)cn1.[HH]. The molecule has 1 spiro atoms. The monoisotopic (exact) mass is 428 g/mol. The van der Waals surface area contributed by atoms with Crippen molar-refractivity contribution in [2.75, 3.05) is 11.9 Å². The Balaban J connectivity index is 0.00000272.